The van der Waals surface area contributed by atoms with Crippen LogP contribution in [0.3, 0.4) is 0 Å². The van der Waals surface area contributed by atoms with Gasteiger partial charge in [0, 0.05) is 33.2 Å². The van der Waals surface area contributed by atoms with Crippen LogP contribution in [0.4, 0.5) is 0 Å². The summed E-state index contributed by atoms with van der Waals surface area (Å²) in [4.78, 5) is 28.4. The first-order valence-corrected chi connectivity index (χ1v) is 13.8. The number of ketones is 1. The Morgan fingerprint density at radius 3 is 1.56 bits per heavy atom. The van der Waals surface area contributed by atoms with Crippen molar-refractivity contribution in [2.45, 2.75) is 19.3 Å². The molecule has 1 aliphatic rings. The van der Waals surface area contributed by atoms with Crippen LogP contribution in [0.25, 0.3) is 45.3 Å². The minimum absolute atomic E-state index is 0.0622. The van der Waals surface area contributed by atoms with E-state index in [-0.39, 0.29) is 11.2 Å². The van der Waals surface area contributed by atoms with Crippen molar-refractivity contribution in [2.75, 3.05) is 0 Å². The summed E-state index contributed by atoms with van der Waals surface area (Å²) in [5.74, 6) is 1.88. The van der Waals surface area contributed by atoms with E-state index in [1.807, 2.05) is 103 Å². The normalized spacial score (nSPS) is 13.4. The van der Waals surface area contributed by atoms with Crippen LogP contribution in [-0.4, -0.2) is 20.7 Å². The summed E-state index contributed by atoms with van der Waals surface area (Å²) in [5.41, 5.74) is 7.98. The highest BCUT2D eigenvalue weighted by molar-refractivity contribution is 6.13. The lowest BCUT2D eigenvalue weighted by molar-refractivity contribution is 0.103. The minimum Gasteiger partial charge on any atom is -0.289 e. The van der Waals surface area contributed by atoms with Gasteiger partial charge >= 0.3 is 0 Å². The van der Waals surface area contributed by atoms with Gasteiger partial charge in [-0.25, -0.2) is 15.0 Å². The monoisotopic (exact) mass is 529 g/mol. The van der Waals surface area contributed by atoms with Crippen molar-refractivity contribution < 1.29 is 4.79 Å². The Morgan fingerprint density at radius 2 is 0.927 bits per heavy atom. The largest absolute Gasteiger partial charge is 0.289 e. The molecule has 0 bridgehead atoms. The lowest BCUT2D eigenvalue weighted by Crippen LogP contribution is -2.30. The molecule has 1 aliphatic carbocycles. The molecule has 0 N–H and O–H groups in total. The summed E-state index contributed by atoms with van der Waals surface area (Å²) in [5, 5.41) is 0. The van der Waals surface area contributed by atoms with E-state index in [1.165, 1.54) is 0 Å². The second-order valence-corrected chi connectivity index (χ2v) is 10.8. The molecule has 0 spiro atoms. The zero-order valence-electron chi connectivity index (χ0n) is 22.9. The molecule has 0 unspecified atom stereocenters. The molecule has 0 atom stereocenters. The van der Waals surface area contributed by atoms with Crippen LogP contribution >= 0.6 is 0 Å². The zero-order valence-corrected chi connectivity index (χ0v) is 22.9. The smallest absolute Gasteiger partial charge is 0.193 e. The maximum absolute atomic E-state index is 13.7. The van der Waals surface area contributed by atoms with Gasteiger partial charge in [-0.2, -0.15) is 0 Å². The van der Waals surface area contributed by atoms with Crippen molar-refractivity contribution in [1.29, 1.82) is 0 Å². The third-order valence-corrected chi connectivity index (χ3v) is 7.96. The molecule has 0 amide bonds. The number of aromatic nitrogens is 3. The fourth-order valence-electron chi connectivity index (χ4n) is 5.82. The van der Waals surface area contributed by atoms with E-state index in [1.54, 1.807) is 0 Å². The molecule has 0 fully saturated rings. The van der Waals surface area contributed by atoms with E-state index < -0.39 is 0 Å². The Bertz CT molecular complexity index is 1870. The van der Waals surface area contributed by atoms with Crippen LogP contribution in [0, 0.1) is 0 Å². The van der Waals surface area contributed by atoms with Crippen LogP contribution in [0.2, 0.25) is 0 Å². The molecule has 0 saturated carbocycles. The number of rotatable bonds is 4. The molecule has 0 saturated heterocycles. The summed E-state index contributed by atoms with van der Waals surface area (Å²) in [6, 6.07) is 42.2. The molecule has 6 aromatic rings. The highest BCUT2D eigenvalue weighted by Gasteiger charge is 2.36. The topological polar surface area (TPSA) is 55.7 Å². The quantitative estimate of drug-likeness (QED) is 0.230. The first kappa shape index (κ1) is 24.8. The summed E-state index contributed by atoms with van der Waals surface area (Å²) >= 11 is 0. The van der Waals surface area contributed by atoms with E-state index in [4.69, 9.17) is 15.0 Å². The minimum atomic E-state index is -0.277. The van der Waals surface area contributed by atoms with Crippen LogP contribution in [0.5, 0.6) is 0 Å². The van der Waals surface area contributed by atoms with E-state index in [2.05, 4.69) is 38.1 Å². The van der Waals surface area contributed by atoms with E-state index in [9.17, 15) is 4.79 Å². The Balaban J connectivity index is 1.40. The first-order chi connectivity index (χ1) is 20.0. The Hall–Kier alpha value is -5.22. The number of nitrogens with zero attached hydrogens (tertiary/aromatic N) is 3. The third kappa shape index (κ3) is 4.25. The van der Waals surface area contributed by atoms with Crippen molar-refractivity contribution in [3.63, 3.8) is 0 Å². The van der Waals surface area contributed by atoms with Crippen molar-refractivity contribution in [1.82, 2.24) is 15.0 Å². The Kier molecular flexibility index (Phi) is 5.90. The second kappa shape index (κ2) is 9.76. The van der Waals surface area contributed by atoms with Gasteiger partial charge in [-0.05, 0) is 28.3 Å². The van der Waals surface area contributed by atoms with Gasteiger partial charge in [0.15, 0.2) is 23.3 Å². The molecule has 4 nitrogen and oxygen atoms in total. The molecule has 0 radical (unpaired) electrons. The summed E-state index contributed by atoms with van der Waals surface area (Å²) in [6.07, 6.45) is 0. The van der Waals surface area contributed by atoms with Crippen LogP contribution in [0.15, 0.2) is 127 Å². The standard InChI is InChI=1S/C37H27N3O/c1-37(2)31-20-12-11-19-29(31)33(41)30-23-26(21-22-32(30)37)27-17-9-10-18-28(27)36-39-34(24-13-5-3-6-14-24)38-35(40-36)25-15-7-4-8-16-25/h3-23H,1-2H3. The second-order valence-electron chi connectivity index (χ2n) is 10.8. The van der Waals surface area contributed by atoms with Gasteiger partial charge in [0.05, 0.1) is 0 Å². The molecule has 4 heteroatoms. The molecule has 41 heavy (non-hydrogen) atoms. The summed E-state index contributed by atoms with van der Waals surface area (Å²) < 4.78 is 0. The first-order valence-electron chi connectivity index (χ1n) is 13.8. The number of carbonyl (C=O) groups excluding carboxylic acids is 1. The van der Waals surface area contributed by atoms with Crippen molar-refractivity contribution in [2.24, 2.45) is 0 Å². The molecule has 196 valence electrons. The molecule has 1 heterocycles. The number of carbonyl (C=O) groups is 1. The van der Waals surface area contributed by atoms with Crippen LogP contribution in [-0.2, 0) is 5.41 Å². The van der Waals surface area contributed by atoms with Gasteiger partial charge in [-0.15, -0.1) is 0 Å². The maximum Gasteiger partial charge on any atom is 0.193 e. The summed E-state index contributed by atoms with van der Waals surface area (Å²) in [6.45, 7) is 4.37. The number of hydrogen-bond donors (Lipinski definition) is 0. The van der Waals surface area contributed by atoms with Gasteiger partial charge < -0.3 is 0 Å². The molecule has 0 aliphatic heterocycles. The van der Waals surface area contributed by atoms with Gasteiger partial charge in [0.1, 0.15) is 0 Å². The van der Waals surface area contributed by atoms with Crippen LogP contribution < -0.4 is 0 Å². The van der Waals surface area contributed by atoms with Crippen molar-refractivity contribution in [3.8, 4) is 45.3 Å². The number of fused-ring (bicyclic) bond motifs is 2. The average molecular weight is 530 g/mol. The fourth-order valence-corrected chi connectivity index (χ4v) is 5.82. The highest BCUT2D eigenvalue weighted by atomic mass is 16.1. The molecule has 5 aromatic carbocycles. The van der Waals surface area contributed by atoms with Gasteiger partial charge in [0.2, 0.25) is 0 Å². The van der Waals surface area contributed by atoms with E-state index in [0.717, 1.165) is 50.1 Å². The Labute approximate surface area is 239 Å². The third-order valence-electron chi connectivity index (χ3n) is 7.96. The van der Waals surface area contributed by atoms with E-state index in [0.29, 0.717) is 17.5 Å². The number of benzene rings is 5. The van der Waals surface area contributed by atoms with Crippen molar-refractivity contribution >= 4 is 5.78 Å². The lowest BCUT2D eigenvalue weighted by Gasteiger charge is -2.34. The molecule has 1 aromatic heterocycles. The van der Waals surface area contributed by atoms with Crippen molar-refractivity contribution in [3.05, 3.63) is 150 Å². The number of hydrogen-bond acceptors (Lipinski definition) is 4. The maximum atomic E-state index is 13.7. The SMILES string of the molecule is CC1(C)c2ccccc2C(=O)c2cc(-c3ccccc3-c3nc(-c4ccccc4)nc(-c4ccccc4)n3)ccc21. The van der Waals surface area contributed by atoms with Gasteiger partial charge in [0.25, 0.3) is 0 Å². The fraction of sp³-hybridized carbons (Fsp3) is 0.0811. The average Bonchev–Trinajstić information content (AvgIpc) is 3.04. The van der Waals surface area contributed by atoms with Gasteiger partial charge in [-0.3, -0.25) is 4.79 Å². The molecule has 7 rings (SSSR count). The lowest BCUT2D eigenvalue weighted by atomic mass is 9.68. The Morgan fingerprint density at radius 1 is 0.439 bits per heavy atom. The predicted octanol–water partition coefficient (Wildman–Crippen LogP) is 8.41. The van der Waals surface area contributed by atoms with Crippen LogP contribution in [0.1, 0.15) is 40.9 Å². The van der Waals surface area contributed by atoms with Gasteiger partial charge in [-0.1, -0.05) is 135 Å². The predicted molar refractivity (Wildman–Crippen MR) is 164 cm³/mol. The molecular formula is C37H27N3O. The summed E-state index contributed by atoms with van der Waals surface area (Å²) in [7, 11) is 0. The zero-order chi connectivity index (χ0) is 28.0. The van der Waals surface area contributed by atoms with E-state index >= 15 is 0 Å². The highest BCUT2D eigenvalue weighted by Crippen LogP contribution is 2.43. The molecular weight excluding hydrogens is 502 g/mol.